The molecule has 0 aliphatic carbocycles. The number of piperidine rings is 1. The lowest BCUT2D eigenvalue weighted by atomic mass is 9.94. The average molecular weight is 321 g/mol. The number of hydrogen-bond donors (Lipinski definition) is 1. The minimum absolute atomic E-state index is 0.0768. The Hall–Kier alpha value is -2.64. The molecule has 8 nitrogen and oxygen atoms in total. The second-order valence-electron chi connectivity index (χ2n) is 5.57. The summed E-state index contributed by atoms with van der Waals surface area (Å²) in [7, 11) is 1.18. The predicted molar refractivity (Wildman–Crippen MR) is 83.2 cm³/mol. The molecule has 0 radical (unpaired) electrons. The van der Waals surface area contributed by atoms with Crippen LogP contribution in [0.5, 0.6) is 0 Å². The first-order valence-electron chi connectivity index (χ1n) is 7.32. The Balaban J connectivity index is 2.27. The zero-order chi connectivity index (χ0) is 17.0. The van der Waals surface area contributed by atoms with Crippen LogP contribution in [0.3, 0.4) is 0 Å². The molecule has 8 heteroatoms. The molecule has 2 rings (SSSR count). The van der Waals surface area contributed by atoms with Gasteiger partial charge < -0.3 is 15.4 Å². The second kappa shape index (κ2) is 7.08. The minimum atomic E-state index is -0.746. The van der Waals surface area contributed by atoms with E-state index in [-0.39, 0.29) is 23.1 Å². The Morgan fingerprint density at radius 1 is 1.48 bits per heavy atom. The summed E-state index contributed by atoms with van der Waals surface area (Å²) < 4.78 is 4.62. The number of benzene rings is 1. The number of anilines is 1. The van der Waals surface area contributed by atoms with Crippen molar-refractivity contribution in [3.8, 4) is 0 Å². The van der Waals surface area contributed by atoms with Crippen molar-refractivity contribution in [2.75, 3.05) is 25.1 Å². The van der Waals surface area contributed by atoms with Gasteiger partial charge in [-0.25, -0.2) is 4.79 Å². The maximum Gasteiger partial charge on any atom is 0.344 e. The number of nitrogens with two attached hydrogens (primary N) is 1. The quantitative estimate of drug-likeness (QED) is 0.499. The fourth-order valence-corrected chi connectivity index (χ4v) is 2.90. The second-order valence-corrected chi connectivity index (χ2v) is 5.57. The van der Waals surface area contributed by atoms with Gasteiger partial charge in [-0.1, -0.05) is 0 Å². The summed E-state index contributed by atoms with van der Waals surface area (Å²) in [5.41, 5.74) is 5.59. The highest BCUT2D eigenvalue weighted by molar-refractivity contribution is 5.95. The highest BCUT2D eigenvalue weighted by Crippen LogP contribution is 2.29. The molecule has 23 heavy (non-hydrogen) atoms. The number of nitrogens with zero attached hydrogens (tertiary/aromatic N) is 2. The first-order valence-corrected chi connectivity index (χ1v) is 7.32. The first kappa shape index (κ1) is 16.7. The number of primary amides is 1. The zero-order valence-electron chi connectivity index (χ0n) is 12.9. The van der Waals surface area contributed by atoms with E-state index in [1.165, 1.54) is 19.2 Å². The number of rotatable bonds is 5. The number of hydrogen-bond acceptors (Lipinski definition) is 6. The average Bonchev–Trinajstić information content (AvgIpc) is 2.53. The molecule has 0 aromatic heterocycles. The third-order valence-corrected chi connectivity index (χ3v) is 3.96. The molecule has 1 amide bonds. The Bertz CT molecular complexity index is 632. The van der Waals surface area contributed by atoms with E-state index in [0.717, 1.165) is 19.4 Å². The number of ether oxygens (including phenoxy) is 1. The predicted octanol–water partition coefficient (Wildman–Crippen LogP) is 1.47. The maximum atomic E-state index is 11.8. The third-order valence-electron chi connectivity index (χ3n) is 3.96. The molecule has 1 aliphatic rings. The summed E-state index contributed by atoms with van der Waals surface area (Å²) in [4.78, 5) is 35.3. The monoisotopic (exact) mass is 321 g/mol. The van der Waals surface area contributed by atoms with Crippen LogP contribution in [0.4, 0.5) is 11.4 Å². The number of esters is 1. The van der Waals surface area contributed by atoms with Gasteiger partial charge >= 0.3 is 5.97 Å². The van der Waals surface area contributed by atoms with E-state index in [1.54, 1.807) is 6.07 Å². The van der Waals surface area contributed by atoms with E-state index < -0.39 is 10.9 Å². The number of nitro benzene ring substituents is 1. The van der Waals surface area contributed by atoms with Gasteiger partial charge in [0.2, 0.25) is 5.91 Å². The number of carbonyl (C=O) groups is 2. The standard InChI is InChI=1S/C15H19N3O5/c1-23-15(20)12-8-11(4-5-13(12)18(21)22)17-6-2-3-10(9-17)7-14(16)19/h4-5,8,10H,2-3,6-7,9H2,1H3,(H2,16,19). The van der Waals surface area contributed by atoms with Crippen LogP contribution in [0, 0.1) is 16.0 Å². The van der Waals surface area contributed by atoms with Gasteiger partial charge in [-0.2, -0.15) is 0 Å². The molecule has 124 valence electrons. The van der Waals surface area contributed by atoms with Crippen LogP contribution < -0.4 is 10.6 Å². The normalized spacial score (nSPS) is 17.6. The van der Waals surface area contributed by atoms with Crippen LogP contribution in [0.1, 0.15) is 29.6 Å². The molecule has 2 N–H and O–H groups in total. The fourth-order valence-electron chi connectivity index (χ4n) is 2.90. The third kappa shape index (κ3) is 3.97. The van der Waals surface area contributed by atoms with Crippen LogP contribution in [-0.2, 0) is 9.53 Å². The van der Waals surface area contributed by atoms with Gasteiger partial charge in [-0.05, 0) is 30.9 Å². The molecule has 1 saturated heterocycles. The molecule has 1 atom stereocenters. The first-order chi connectivity index (χ1) is 10.9. The van der Waals surface area contributed by atoms with Crippen molar-refractivity contribution in [1.82, 2.24) is 0 Å². The molecule has 1 aliphatic heterocycles. The Morgan fingerprint density at radius 2 is 2.22 bits per heavy atom. The van der Waals surface area contributed by atoms with Crippen molar-refractivity contribution in [2.24, 2.45) is 11.7 Å². The van der Waals surface area contributed by atoms with E-state index in [1.807, 2.05) is 4.90 Å². The summed E-state index contributed by atoms with van der Waals surface area (Å²) in [5.74, 6) is -0.932. The van der Waals surface area contributed by atoms with Gasteiger partial charge in [0.15, 0.2) is 0 Å². The SMILES string of the molecule is COC(=O)c1cc(N2CCCC(CC(N)=O)C2)ccc1[N+](=O)[O-]. The Morgan fingerprint density at radius 3 is 2.83 bits per heavy atom. The number of amides is 1. The van der Waals surface area contributed by atoms with Crippen molar-refractivity contribution in [1.29, 1.82) is 0 Å². The molecule has 0 bridgehead atoms. The van der Waals surface area contributed by atoms with E-state index in [2.05, 4.69) is 4.74 Å². The fraction of sp³-hybridized carbons (Fsp3) is 0.467. The highest BCUT2D eigenvalue weighted by atomic mass is 16.6. The summed E-state index contributed by atoms with van der Waals surface area (Å²) in [6, 6.07) is 4.38. The summed E-state index contributed by atoms with van der Waals surface area (Å²) >= 11 is 0. The Kier molecular flexibility index (Phi) is 5.15. The summed E-state index contributed by atoms with van der Waals surface area (Å²) in [5, 5.41) is 11.0. The molecule has 1 aromatic carbocycles. The van der Waals surface area contributed by atoms with Crippen molar-refractivity contribution in [3.05, 3.63) is 33.9 Å². The van der Waals surface area contributed by atoms with Crippen LogP contribution >= 0.6 is 0 Å². The maximum absolute atomic E-state index is 11.8. The Labute approximate surface area is 133 Å². The smallest absolute Gasteiger partial charge is 0.344 e. The lowest BCUT2D eigenvalue weighted by Gasteiger charge is -2.34. The van der Waals surface area contributed by atoms with Crippen LogP contribution in [-0.4, -0.2) is 37.0 Å². The molecular formula is C15H19N3O5. The molecule has 1 unspecified atom stereocenters. The molecule has 0 spiro atoms. The van der Waals surface area contributed by atoms with Gasteiger partial charge in [0, 0.05) is 31.3 Å². The van der Waals surface area contributed by atoms with Crippen molar-refractivity contribution in [2.45, 2.75) is 19.3 Å². The molecule has 1 aromatic rings. The van der Waals surface area contributed by atoms with E-state index in [4.69, 9.17) is 5.73 Å². The van der Waals surface area contributed by atoms with Crippen molar-refractivity contribution in [3.63, 3.8) is 0 Å². The number of nitro groups is 1. The molecule has 1 fully saturated rings. The van der Waals surface area contributed by atoms with Crippen LogP contribution in [0.2, 0.25) is 0 Å². The van der Waals surface area contributed by atoms with E-state index in [0.29, 0.717) is 18.7 Å². The van der Waals surface area contributed by atoms with Gasteiger partial charge in [-0.15, -0.1) is 0 Å². The van der Waals surface area contributed by atoms with E-state index in [9.17, 15) is 19.7 Å². The topological polar surface area (TPSA) is 116 Å². The number of methoxy groups -OCH3 is 1. The molecule has 1 heterocycles. The van der Waals surface area contributed by atoms with Crippen molar-refractivity contribution >= 4 is 23.3 Å². The largest absolute Gasteiger partial charge is 0.465 e. The van der Waals surface area contributed by atoms with Crippen LogP contribution in [0.25, 0.3) is 0 Å². The van der Waals surface area contributed by atoms with E-state index >= 15 is 0 Å². The van der Waals surface area contributed by atoms with Gasteiger partial charge in [0.1, 0.15) is 5.56 Å². The van der Waals surface area contributed by atoms with Crippen molar-refractivity contribution < 1.29 is 19.2 Å². The molecular weight excluding hydrogens is 302 g/mol. The van der Waals surface area contributed by atoms with Gasteiger partial charge in [-0.3, -0.25) is 14.9 Å². The highest BCUT2D eigenvalue weighted by Gasteiger charge is 2.26. The van der Waals surface area contributed by atoms with Gasteiger partial charge in [0.05, 0.1) is 12.0 Å². The minimum Gasteiger partial charge on any atom is -0.465 e. The lowest BCUT2D eigenvalue weighted by Crippen LogP contribution is -2.37. The zero-order valence-corrected chi connectivity index (χ0v) is 12.9. The summed E-state index contributed by atoms with van der Waals surface area (Å²) in [6.45, 7) is 1.38. The molecule has 0 saturated carbocycles. The lowest BCUT2D eigenvalue weighted by molar-refractivity contribution is -0.385. The van der Waals surface area contributed by atoms with Gasteiger partial charge in [0.25, 0.3) is 5.69 Å². The number of carbonyl (C=O) groups excluding carboxylic acids is 2. The van der Waals surface area contributed by atoms with Crippen LogP contribution in [0.15, 0.2) is 18.2 Å². The summed E-state index contributed by atoms with van der Waals surface area (Å²) in [6.07, 6.45) is 2.12.